The molecule has 0 saturated carbocycles. The molecule has 2 bridgehead atoms. The van der Waals surface area contributed by atoms with Crippen molar-refractivity contribution in [1.82, 2.24) is 14.7 Å². The second-order valence-corrected chi connectivity index (χ2v) is 6.31. The third-order valence-corrected chi connectivity index (χ3v) is 4.78. The van der Waals surface area contributed by atoms with Gasteiger partial charge >= 0.3 is 6.03 Å². The second-order valence-electron chi connectivity index (χ2n) is 6.31. The number of rotatable bonds is 1. The Morgan fingerprint density at radius 3 is 2.06 bits per heavy atom. The van der Waals surface area contributed by atoms with Crippen molar-refractivity contribution in [3.8, 4) is 0 Å². The minimum absolute atomic E-state index is 0.299. The maximum atomic E-state index is 12.4. The molecule has 0 N–H and O–H groups in total. The van der Waals surface area contributed by atoms with Crippen LogP contribution in [0.15, 0.2) is 0 Å². The molecule has 0 aromatic heterocycles. The summed E-state index contributed by atoms with van der Waals surface area (Å²) in [4.78, 5) is 19.2. The van der Waals surface area contributed by atoms with Crippen LogP contribution in [-0.4, -0.2) is 65.0 Å². The first-order valence-corrected chi connectivity index (χ1v) is 7.48. The van der Waals surface area contributed by atoms with E-state index in [0.29, 0.717) is 24.2 Å². The predicted octanol–water partition coefficient (Wildman–Crippen LogP) is 1.76. The first-order valence-electron chi connectivity index (χ1n) is 7.48. The van der Waals surface area contributed by atoms with Gasteiger partial charge in [-0.3, -0.25) is 4.90 Å². The van der Waals surface area contributed by atoms with Gasteiger partial charge in [-0.1, -0.05) is 0 Å². The molecule has 4 nitrogen and oxygen atoms in total. The van der Waals surface area contributed by atoms with Crippen LogP contribution in [0.4, 0.5) is 4.79 Å². The Labute approximate surface area is 110 Å². The van der Waals surface area contributed by atoms with Crippen molar-refractivity contribution >= 4 is 6.03 Å². The van der Waals surface area contributed by atoms with Gasteiger partial charge in [0.25, 0.3) is 0 Å². The average Bonchev–Trinajstić information content (AvgIpc) is 2.95. The summed E-state index contributed by atoms with van der Waals surface area (Å²) in [6.07, 6.45) is 4.91. The van der Waals surface area contributed by atoms with Crippen LogP contribution in [0.3, 0.4) is 0 Å². The highest BCUT2D eigenvalue weighted by Crippen LogP contribution is 2.32. The van der Waals surface area contributed by atoms with Crippen LogP contribution < -0.4 is 0 Å². The number of fused-ring (bicyclic) bond motifs is 2. The van der Waals surface area contributed by atoms with Gasteiger partial charge in [-0.15, -0.1) is 0 Å². The number of piperazine rings is 1. The second kappa shape index (κ2) is 4.72. The molecule has 102 valence electrons. The summed E-state index contributed by atoms with van der Waals surface area (Å²) in [5.74, 6) is 0. The highest BCUT2D eigenvalue weighted by molar-refractivity contribution is 5.75. The lowest BCUT2D eigenvalue weighted by Gasteiger charge is -2.44. The number of amides is 2. The van der Waals surface area contributed by atoms with Gasteiger partial charge in [-0.25, -0.2) is 4.79 Å². The highest BCUT2D eigenvalue weighted by atomic mass is 16.2. The van der Waals surface area contributed by atoms with Crippen LogP contribution in [-0.2, 0) is 0 Å². The van der Waals surface area contributed by atoms with E-state index in [9.17, 15) is 4.79 Å². The Hall–Kier alpha value is -0.770. The summed E-state index contributed by atoms with van der Waals surface area (Å²) < 4.78 is 0. The Morgan fingerprint density at radius 1 is 1.00 bits per heavy atom. The lowest BCUT2D eigenvalue weighted by Crippen LogP contribution is -2.59. The maximum Gasteiger partial charge on any atom is 0.320 e. The number of nitrogens with zero attached hydrogens (tertiary/aromatic N) is 3. The van der Waals surface area contributed by atoms with E-state index in [0.717, 1.165) is 26.2 Å². The lowest BCUT2D eigenvalue weighted by atomic mass is 10.1. The van der Waals surface area contributed by atoms with E-state index in [4.69, 9.17) is 0 Å². The topological polar surface area (TPSA) is 26.8 Å². The van der Waals surface area contributed by atoms with Crippen LogP contribution in [0.1, 0.15) is 39.5 Å². The van der Waals surface area contributed by atoms with Gasteiger partial charge in [0.15, 0.2) is 0 Å². The van der Waals surface area contributed by atoms with E-state index in [1.54, 1.807) is 0 Å². The van der Waals surface area contributed by atoms with E-state index in [1.165, 1.54) is 25.7 Å². The summed E-state index contributed by atoms with van der Waals surface area (Å²) in [6, 6.07) is 2.13. The molecule has 0 spiro atoms. The smallest absolute Gasteiger partial charge is 0.320 e. The number of carbonyl (C=O) groups is 1. The SMILES string of the molecule is CC(C)N1C2CCC1CN(C(=O)N1CCCC1)C2. The van der Waals surface area contributed by atoms with Crippen LogP contribution in [0.5, 0.6) is 0 Å². The Morgan fingerprint density at radius 2 is 1.56 bits per heavy atom. The van der Waals surface area contributed by atoms with E-state index < -0.39 is 0 Å². The molecule has 0 aliphatic carbocycles. The van der Waals surface area contributed by atoms with Crippen LogP contribution in [0, 0.1) is 0 Å². The zero-order valence-corrected chi connectivity index (χ0v) is 11.6. The Balaban J connectivity index is 1.66. The van der Waals surface area contributed by atoms with Gasteiger partial charge in [-0.05, 0) is 39.5 Å². The summed E-state index contributed by atoms with van der Waals surface area (Å²) in [6.45, 7) is 8.40. The predicted molar refractivity (Wildman–Crippen MR) is 71.6 cm³/mol. The standard InChI is InChI=1S/C14H25N3O/c1-11(2)17-12-5-6-13(17)10-16(9-12)14(18)15-7-3-4-8-15/h11-13H,3-10H2,1-2H3. The van der Waals surface area contributed by atoms with Crippen molar-refractivity contribution in [3.63, 3.8) is 0 Å². The van der Waals surface area contributed by atoms with Crippen molar-refractivity contribution < 1.29 is 4.79 Å². The van der Waals surface area contributed by atoms with E-state index >= 15 is 0 Å². The largest absolute Gasteiger partial charge is 0.325 e. The summed E-state index contributed by atoms with van der Waals surface area (Å²) in [7, 11) is 0. The molecule has 2 atom stereocenters. The minimum Gasteiger partial charge on any atom is -0.325 e. The van der Waals surface area contributed by atoms with Gasteiger partial charge in [0, 0.05) is 44.3 Å². The summed E-state index contributed by atoms with van der Waals surface area (Å²) in [5, 5.41) is 0. The minimum atomic E-state index is 0.299. The van der Waals surface area contributed by atoms with Crippen LogP contribution in [0.25, 0.3) is 0 Å². The lowest BCUT2D eigenvalue weighted by molar-refractivity contribution is 0.0506. The molecular formula is C14H25N3O. The molecule has 3 rings (SSSR count). The van der Waals surface area contributed by atoms with Crippen LogP contribution >= 0.6 is 0 Å². The van der Waals surface area contributed by atoms with Crippen molar-refractivity contribution in [3.05, 3.63) is 0 Å². The monoisotopic (exact) mass is 251 g/mol. The molecular weight excluding hydrogens is 226 g/mol. The molecule has 3 aliphatic heterocycles. The van der Waals surface area contributed by atoms with Crippen molar-refractivity contribution in [1.29, 1.82) is 0 Å². The number of hydrogen-bond donors (Lipinski definition) is 0. The number of hydrogen-bond acceptors (Lipinski definition) is 2. The van der Waals surface area contributed by atoms with Crippen molar-refractivity contribution in [2.45, 2.75) is 57.7 Å². The molecule has 0 radical (unpaired) electrons. The van der Waals surface area contributed by atoms with E-state index in [1.807, 2.05) is 4.90 Å². The summed E-state index contributed by atoms with van der Waals surface area (Å²) >= 11 is 0. The van der Waals surface area contributed by atoms with Gasteiger partial charge in [0.2, 0.25) is 0 Å². The average molecular weight is 251 g/mol. The maximum absolute atomic E-state index is 12.4. The zero-order chi connectivity index (χ0) is 12.7. The Bertz CT molecular complexity index is 311. The first-order chi connectivity index (χ1) is 8.66. The molecule has 2 unspecified atom stereocenters. The molecule has 0 aromatic carbocycles. The van der Waals surface area contributed by atoms with Crippen LogP contribution in [0.2, 0.25) is 0 Å². The third-order valence-electron chi connectivity index (χ3n) is 4.78. The zero-order valence-electron chi connectivity index (χ0n) is 11.6. The molecule has 2 amide bonds. The molecule has 0 aromatic rings. The molecule has 3 saturated heterocycles. The fraction of sp³-hybridized carbons (Fsp3) is 0.929. The number of urea groups is 1. The first kappa shape index (κ1) is 12.3. The summed E-state index contributed by atoms with van der Waals surface area (Å²) in [5.41, 5.74) is 0. The number of carbonyl (C=O) groups excluding carboxylic acids is 1. The molecule has 3 heterocycles. The van der Waals surface area contributed by atoms with Gasteiger partial charge in [0.05, 0.1) is 0 Å². The van der Waals surface area contributed by atoms with E-state index in [2.05, 4.69) is 23.6 Å². The fourth-order valence-corrected chi connectivity index (χ4v) is 4.04. The highest BCUT2D eigenvalue weighted by Gasteiger charge is 2.43. The van der Waals surface area contributed by atoms with Crippen molar-refractivity contribution in [2.75, 3.05) is 26.2 Å². The Kier molecular flexibility index (Phi) is 3.22. The fourth-order valence-electron chi connectivity index (χ4n) is 4.04. The van der Waals surface area contributed by atoms with Gasteiger partial charge in [0.1, 0.15) is 0 Å². The quantitative estimate of drug-likeness (QED) is 0.710. The normalized spacial score (nSPS) is 32.6. The third kappa shape index (κ3) is 2.00. The molecule has 4 heteroatoms. The van der Waals surface area contributed by atoms with Crippen molar-refractivity contribution in [2.24, 2.45) is 0 Å². The van der Waals surface area contributed by atoms with Gasteiger partial charge in [-0.2, -0.15) is 0 Å². The van der Waals surface area contributed by atoms with E-state index in [-0.39, 0.29) is 0 Å². The molecule has 3 fully saturated rings. The molecule has 18 heavy (non-hydrogen) atoms. The molecule has 3 aliphatic rings. The van der Waals surface area contributed by atoms with Gasteiger partial charge < -0.3 is 9.80 Å². The number of likely N-dealkylation sites (tertiary alicyclic amines) is 2.